The predicted molar refractivity (Wildman–Crippen MR) is 116 cm³/mol. The fraction of sp³-hybridized carbons (Fsp3) is 0.208. The molecule has 0 saturated heterocycles. The maximum absolute atomic E-state index is 13.0. The van der Waals surface area contributed by atoms with Crippen LogP contribution in [-0.2, 0) is 11.2 Å². The molecule has 4 rings (SSSR count). The molecule has 0 bridgehead atoms. The topological polar surface area (TPSA) is 63.5 Å². The van der Waals surface area contributed by atoms with Crippen LogP contribution in [0.1, 0.15) is 12.5 Å². The van der Waals surface area contributed by atoms with Gasteiger partial charge < -0.3 is 19.8 Å². The van der Waals surface area contributed by atoms with E-state index in [2.05, 4.69) is 10.6 Å². The van der Waals surface area contributed by atoms with E-state index in [1.807, 2.05) is 30.3 Å². The van der Waals surface area contributed by atoms with Gasteiger partial charge in [0.25, 0.3) is 0 Å². The van der Waals surface area contributed by atoms with Crippen molar-refractivity contribution in [1.29, 1.82) is 0 Å². The largest absolute Gasteiger partial charge is 0.495 e. The highest BCUT2D eigenvalue weighted by molar-refractivity contribution is 6.08. The van der Waals surface area contributed by atoms with Gasteiger partial charge in [-0.2, -0.15) is 0 Å². The third kappa shape index (κ3) is 4.14. The summed E-state index contributed by atoms with van der Waals surface area (Å²) in [6.07, 6.45) is 0.701. The molecule has 1 heterocycles. The summed E-state index contributed by atoms with van der Waals surface area (Å²) in [6.45, 7) is 2.39. The third-order valence-corrected chi connectivity index (χ3v) is 5.13. The van der Waals surface area contributed by atoms with E-state index in [1.54, 1.807) is 32.2 Å². The molecule has 0 radical (unpaired) electrons. The second-order valence-electron chi connectivity index (χ2n) is 7.19. The summed E-state index contributed by atoms with van der Waals surface area (Å²) in [5.74, 6) is 0.138. The van der Waals surface area contributed by atoms with Gasteiger partial charge in [0.2, 0.25) is 5.91 Å². The number of carbonyl (C=O) groups is 1. The molecule has 1 unspecified atom stereocenters. The highest BCUT2D eigenvalue weighted by Crippen LogP contribution is 2.36. The number of fused-ring (bicyclic) bond motifs is 3. The lowest BCUT2D eigenvalue weighted by Gasteiger charge is -2.16. The number of benzene rings is 3. The molecule has 5 nitrogen and oxygen atoms in total. The van der Waals surface area contributed by atoms with Crippen LogP contribution >= 0.6 is 0 Å². The predicted octanol–water partition coefficient (Wildman–Crippen LogP) is 4.89. The molecule has 2 N–H and O–H groups in total. The maximum Gasteiger partial charge on any atom is 0.241 e. The molecule has 0 saturated carbocycles. The number of ether oxygens (including phenoxy) is 1. The normalized spacial score (nSPS) is 12.2. The van der Waals surface area contributed by atoms with Crippen LogP contribution in [-0.4, -0.2) is 25.6 Å². The minimum atomic E-state index is -0.415. The van der Waals surface area contributed by atoms with Crippen LogP contribution in [0.3, 0.4) is 0 Å². The van der Waals surface area contributed by atoms with Crippen molar-refractivity contribution in [2.75, 3.05) is 19.0 Å². The summed E-state index contributed by atoms with van der Waals surface area (Å²) in [5, 5.41) is 8.05. The van der Waals surface area contributed by atoms with Crippen molar-refractivity contribution in [3.05, 3.63) is 72.0 Å². The summed E-state index contributed by atoms with van der Waals surface area (Å²) < 4.78 is 24.4. The lowest BCUT2D eigenvalue weighted by atomic mass is 10.1. The Balaban J connectivity index is 1.44. The van der Waals surface area contributed by atoms with Crippen molar-refractivity contribution < 1.29 is 18.3 Å². The van der Waals surface area contributed by atoms with Gasteiger partial charge in [-0.05, 0) is 49.7 Å². The van der Waals surface area contributed by atoms with E-state index >= 15 is 0 Å². The molecule has 3 aromatic carbocycles. The minimum absolute atomic E-state index is 0.178. The zero-order chi connectivity index (χ0) is 21.1. The van der Waals surface area contributed by atoms with E-state index in [0.29, 0.717) is 30.0 Å². The van der Waals surface area contributed by atoms with Gasteiger partial charge in [-0.15, -0.1) is 0 Å². The summed E-state index contributed by atoms with van der Waals surface area (Å²) in [7, 11) is 1.57. The van der Waals surface area contributed by atoms with Gasteiger partial charge in [0.05, 0.1) is 18.8 Å². The molecular formula is C24H23FN2O3. The Kier molecular flexibility index (Phi) is 5.68. The van der Waals surface area contributed by atoms with E-state index in [-0.39, 0.29) is 11.7 Å². The van der Waals surface area contributed by atoms with Crippen molar-refractivity contribution in [3.63, 3.8) is 0 Å². The molecule has 0 aliphatic rings. The van der Waals surface area contributed by atoms with Crippen LogP contribution in [0.25, 0.3) is 21.9 Å². The Morgan fingerprint density at radius 3 is 2.60 bits per heavy atom. The lowest BCUT2D eigenvalue weighted by Crippen LogP contribution is -2.39. The van der Waals surface area contributed by atoms with Gasteiger partial charge in [0, 0.05) is 16.8 Å². The van der Waals surface area contributed by atoms with Gasteiger partial charge in [0.1, 0.15) is 22.7 Å². The molecule has 0 aliphatic heterocycles. The number of hydrogen-bond acceptors (Lipinski definition) is 4. The smallest absolute Gasteiger partial charge is 0.241 e. The van der Waals surface area contributed by atoms with Crippen molar-refractivity contribution in [3.8, 4) is 5.75 Å². The van der Waals surface area contributed by atoms with Gasteiger partial charge in [-0.1, -0.05) is 30.3 Å². The average Bonchev–Trinajstić information content (AvgIpc) is 3.11. The van der Waals surface area contributed by atoms with Crippen molar-refractivity contribution in [1.82, 2.24) is 5.32 Å². The number of nitrogens with one attached hydrogen (secondary N) is 2. The molecule has 30 heavy (non-hydrogen) atoms. The van der Waals surface area contributed by atoms with Crippen LogP contribution < -0.4 is 15.4 Å². The van der Waals surface area contributed by atoms with Crippen LogP contribution in [0.4, 0.5) is 10.1 Å². The van der Waals surface area contributed by atoms with Crippen LogP contribution in [0.15, 0.2) is 65.1 Å². The molecule has 0 aliphatic carbocycles. The van der Waals surface area contributed by atoms with E-state index in [0.717, 1.165) is 21.9 Å². The van der Waals surface area contributed by atoms with Gasteiger partial charge >= 0.3 is 0 Å². The molecule has 1 amide bonds. The molecule has 1 aromatic heterocycles. The number of amides is 1. The SMILES string of the molecule is COc1cc2c(cc1NC(=O)C(C)NCCc1ccc(F)cc1)oc1ccccc12. The summed E-state index contributed by atoms with van der Waals surface area (Å²) >= 11 is 0. The van der Waals surface area contributed by atoms with Gasteiger partial charge in [-0.3, -0.25) is 4.79 Å². The van der Waals surface area contributed by atoms with Crippen molar-refractivity contribution in [2.24, 2.45) is 0 Å². The molecule has 4 aromatic rings. The molecular weight excluding hydrogens is 383 g/mol. The number of furan rings is 1. The molecule has 6 heteroatoms. The van der Waals surface area contributed by atoms with Gasteiger partial charge in [0.15, 0.2) is 0 Å². The Bertz CT molecular complexity index is 1180. The highest BCUT2D eigenvalue weighted by atomic mass is 19.1. The minimum Gasteiger partial charge on any atom is -0.495 e. The van der Waals surface area contributed by atoms with E-state index in [4.69, 9.17) is 9.15 Å². The second kappa shape index (κ2) is 8.55. The first kappa shape index (κ1) is 19.9. The Hall–Kier alpha value is -3.38. The summed E-state index contributed by atoms with van der Waals surface area (Å²) in [4.78, 5) is 12.7. The van der Waals surface area contributed by atoms with Crippen LogP contribution in [0.2, 0.25) is 0 Å². The number of carbonyl (C=O) groups excluding carboxylic acids is 1. The number of para-hydroxylation sites is 1. The number of methoxy groups -OCH3 is 1. The standard InChI is InChI=1S/C24H23FN2O3/c1-15(26-12-11-16-7-9-17(25)10-8-16)24(28)27-20-14-22-19(13-23(20)29-2)18-5-3-4-6-21(18)30-22/h3-10,13-15,26H,11-12H2,1-2H3,(H,27,28). The first-order valence-electron chi connectivity index (χ1n) is 9.83. The molecule has 0 spiro atoms. The Morgan fingerprint density at radius 1 is 1.07 bits per heavy atom. The quantitative estimate of drug-likeness (QED) is 0.459. The highest BCUT2D eigenvalue weighted by Gasteiger charge is 2.17. The van der Waals surface area contributed by atoms with E-state index in [1.165, 1.54) is 12.1 Å². The Morgan fingerprint density at radius 2 is 1.83 bits per heavy atom. The van der Waals surface area contributed by atoms with Crippen molar-refractivity contribution >= 4 is 33.5 Å². The molecule has 0 fully saturated rings. The second-order valence-corrected chi connectivity index (χ2v) is 7.19. The van der Waals surface area contributed by atoms with Crippen LogP contribution in [0, 0.1) is 5.82 Å². The first-order valence-corrected chi connectivity index (χ1v) is 9.83. The number of rotatable bonds is 7. The van der Waals surface area contributed by atoms with Crippen LogP contribution in [0.5, 0.6) is 5.75 Å². The fourth-order valence-electron chi connectivity index (χ4n) is 3.44. The third-order valence-electron chi connectivity index (χ3n) is 5.13. The number of hydrogen-bond donors (Lipinski definition) is 2. The van der Waals surface area contributed by atoms with E-state index < -0.39 is 6.04 Å². The average molecular weight is 406 g/mol. The molecule has 1 atom stereocenters. The Labute approximate surface area is 173 Å². The zero-order valence-corrected chi connectivity index (χ0v) is 16.9. The summed E-state index contributed by atoms with van der Waals surface area (Å²) in [6, 6.07) is 17.4. The first-order chi connectivity index (χ1) is 14.5. The fourth-order valence-corrected chi connectivity index (χ4v) is 3.44. The lowest BCUT2D eigenvalue weighted by molar-refractivity contribution is -0.117. The van der Waals surface area contributed by atoms with Gasteiger partial charge in [-0.25, -0.2) is 4.39 Å². The maximum atomic E-state index is 13.0. The summed E-state index contributed by atoms with van der Waals surface area (Å²) in [5.41, 5.74) is 3.04. The van der Waals surface area contributed by atoms with E-state index in [9.17, 15) is 9.18 Å². The zero-order valence-electron chi connectivity index (χ0n) is 16.9. The number of anilines is 1. The van der Waals surface area contributed by atoms with Crippen molar-refractivity contribution in [2.45, 2.75) is 19.4 Å². The number of halogens is 1. The molecule has 154 valence electrons. The monoisotopic (exact) mass is 406 g/mol.